The van der Waals surface area contributed by atoms with Crippen LogP contribution in [0.2, 0.25) is 0 Å². The maximum atomic E-state index is 11.4. The van der Waals surface area contributed by atoms with Gasteiger partial charge < -0.3 is 15.4 Å². The molecule has 3 aromatic rings. The van der Waals surface area contributed by atoms with Crippen molar-refractivity contribution in [3.05, 3.63) is 70.8 Å². The molecule has 0 radical (unpaired) electrons. The van der Waals surface area contributed by atoms with Crippen LogP contribution in [0, 0.1) is 0 Å². The number of nitrogens with one attached hydrogen (secondary N) is 2. The summed E-state index contributed by atoms with van der Waals surface area (Å²) in [5.74, 6) is 0.752. The summed E-state index contributed by atoms with van der Waals surface area (Å²) in [4.78, 5) is 20.1. The van der Waals surface area contributed by atoms with Crippen LogP contribution in [-0.4, -0.2) is 23.0 Å². The number of hydrogen-bond donors (Lipinski definition) is 2. The van der Waals surface area contributed by atoms with Crippen LogP contribution < -0.4 is 10.6 Å². The number of ether oxygens (including phenoxy) is 1. The van der Waals surface area contributed by atoms with Crippen LogP contribution in [0.4, 0.5) is 23.1 Å². The number of carbonyl (C=O) groups is 1. The van der Waals surface area contributed by atoms with Gasteiger partial charge in [0.1, 0.15) is 5.82 Å². The lowest BCUT2D eigenvalue weighted by atomic mass is 10.2. The number of carbonyl (C=O) groups excluding carboxylic acids is 1. The van der Waals surface area contributed by atoms with Crippen molar-refractivity contribution in [1.82, 2.24) is 9.97 Å². The van der Waals surface area contributed by atoms with E-state index in [0.29, 0.717) is 17.3 Å². The molecule has 0 aliphatic heterocycles. The molecule has 0 spiro atoms. The largest absolute Gasteiger partial charge is 0.465 e. The van der Waals surface area contributed by atoms with E-state index < -0.39 is 0 Å². The molecule has 0 amide bonds. The number of esters is 1. The summed E-state index contributed by atoms with van der Waals surface area (Å²) >= 11 is 3.41. The van der Waals surface area contributed by atoms with Gasteiger partial charge in [0.05, 0.1) is 12.7 Å². The lowest BCUT2D eigenvalue weighted by molar-refractivity contribution is 0.0601. The Bertz CT molecular complexity index is 867. The van der Waals surface area contributed by atoms with E-state index in [1.807, 2.05) is 24.3 Å². The van der Waals surface area contributed by atoms with Crippen molar-refractivity contribution in [3.8, 4) is 0 Å². The molecule has 0 aliphatic rings. The summed E-state index contributed by atoms with van der Waals surface area (Å²) in [7, 11) is 1.35. The Hall–Kier alpha value is -2.93. The Morgan fingerprint density at radius 2 is 1.60 bits per heavy atom. The highest BCUT2D eigenvalue weighted by Crippen LogP contribution is 2.20. The molecular weight excluding hydrogens is 384 g/mol. The van der Waals surface area contributed by atoms with Gasteiger partial charge in [-0.1, -0.05) is 15.9 Å². The maximum Gasteiger partial charge on any atom is 0.337 e. The molecule has 0 fully saturated rings. The summed E-state index contributed by atoms with van der Waals surface area (Å²) in [5.41, 5.74) is 2.18. The first-order valence-electron chi connectivity index (χ1n) is 7.45. The van der Waals surface area contributed by atoms with Gasteiger partial charge in [0, 0.05) is 22.0 Å². The maximum absolute atomic E-state index is 11.4. The van der Waals surface area contributed by atoms with Gasteiger partial charge in [0.2, 0.25) is 5.95 Å². The number of halogens is 1. The molecule has 0 atom stereocenters. The molecule has 0 unspecified atom stereocenters. The topological polar surface area (TPSA) is 76.1 Å². The van der Waals surface area contributed by atoms with Crippen LogP contribution in [0.25, 0.3) is 0 Å². The van der Waals surface area contributed by atoms with E-state index in [-0.39, 0.29) is 5.97 Å². The minimum atomic E-state index is -0.372. The van der Waals surface area contributed by atoms with Gasteiger partial charge in [0.25, 0.3) is 0 Å². The normalized spacial score (nSPS) is 10.2. The van der Waals surface area contributed by atoms with Gasteiger partial charge in [-0.25, -0.2) is 9.78 Å². The molecule has 1 aromatic heterocycles. The lowest BCUT2D eigenvalue weighted by Gasteiger charge is -2.09. The molecular formula is C18H15BrN4O2. The SMILES string of the molecule is COC(=O)c1ccc(Nc2nccc(Nc3ccc(Br)cc3)n2)cc1. The zero-order chi connectivity index (χ0) is 17.6. The molecule has 2 N–H and O–H groups in total. The third kappa shape index (κ3) is 4.54. The highest BCUT2D eigenvalue weighted by Gasteiger charge is 2.05. The second kappa shape index (κ2) is 7.76. The van der Waals surface area contributed by atoms with Gasteiger partial charge in [-0.15, -0.1) is 0 Å². The van der Waals surface area contributed by atoms with Crippen LogP contribution in [0.1, 0.15) is 10.4 Å². The fraction of sp³-hybridized carbons (Fsp3) is 0.0556. The standard InChI is InChI=1S/C18H15BrN4O2/c1-25-17(24)12-2-6-15(7-3-12)22-18-20-11-10-16(23-18)21-14-8-4-13(19)5-9-14/h2-11H,1H3,(H2,20,21,22,23). The van der Waals surface area contributed by atoms with E-state index in [4.69, 9.17) is 0 Å². The minimum absolute atomic E-state index is 0.372. The van der Waals surface area contributed by atoms with E-state index in [1.165, 1.54) is 7.11 Å². The van der Waals surface area contributed by atoms with Crippen LogP contribution >= 0.6 is 15.9 Å². The smallest absolute Gasteiger partial charge is 0.337 e. The predicted octanol–water partition coefficient (Wildman–Crippen LogP) is 4.51. The van der Waals surface area contributed by atoms with Crippen LogP contribution in [0.15, 0.2) is 65.3 Å². The van der Waals surface area contributed by atoms with Crippen LogP contribution in [0.5, 0.6) is 0 Å². The number of methoxy groups -OCH3 is 1. The fourth-order valence-corrected chi connectivity index (χ4v) is 2.37. The first-order valence-corrected chi connectivity index (χ1v) is 8.24. The van der Waals surface area contributed by atoms with Crippen molar-refractivity contribution in [2.45, 2.75) is 0 Å². The summed E-state index contributed by atoms with van der Waals surface area (Å²) in [5, 5.41) is 6.32. The van der Waals surface area contributed by atoms with Gasteiger partial charge >= 0.3 is 5.97 Å². The minimum Gasteiger partial charge on any atom is -0.465 e. The zero-order valence-corrected chi connectivity index (χ0v) is 14.9. The fourth-order valence-electron chi connectivity index (χ4n) is 2.11. The predicted molar refractivity (Wildman–Crippen MR) is 101 cm³/mol. The molecule has 1 heterocycles. The van der Waals surface area contributed by atoms with Crippen molar-refractivity contribution in [2.75, 3.05) is 17.7 Å². The lowest BCUT2D eigenvalue weighted by Crippen LogP contribution is -2.02. The van der Waals surface area contributed by atoms with E-state index in [9.17, 15) is 4.79 Å². The molecule has 3 rings (SSSR count). The summed E-state index contributed by atoms with van der Waals surface area (Å²) in [6, 6.07) is 16.5. The first-order chi connectivity index (χ1) is 12.1. The Balaban J connectivity index is 1.71. The van der Waals surface area contributed by atoms with Gasteiger partial charge in [-0.3, -0.25) is 0 Å². The molecule has 126 valence electrons. The van der Waals surface area contributed by atoms with E-state index in [2.05, 4.69) is 41.3 Å². The second-order valence-corrected chi connectivity index (χ2v) is 6.01. The Kier molecular flexibility index (Phi) is 5.25. The summed E-state index contributed by atoms with van der Waals surface area (Å²) < 4.78 is 5.69. The summed E-state index contributed by atoms with van der Waals surface area (Å²) in [6.45, 7) is 0. The quantitative estimate of drug-likeness (QED) is 0.615. The highest BCUT2D eigenvalue weighted by atomic mass is 79.9. The average Bonchev–Trinajstić information content (AvgIpc) is 2.64. The van der Waals surface area contributed by atoms with E-state index in [1.54, 1.807) is 36.5 Å². The molecule has 0 saturated heterocycles. The molecule has 6 nitrogen and oxygen atoms in total. The molecule has 7 heteroatoms. The molecule has 0 bridgehead atoms. The van der Waals surface area contributed by atoms with Gasteiger partial charge in [0.15, 0.2) is 0 Å². The number of hydrogen-bond acceptors (Lipinski definition) is 6. The third-order valence-electron chi connectivity index (χ3n) is 3.33. The molecule has 0 aliphatic carbocycles. The van der Waals surface area contributed by atoms with Crippen LogP contribution in [-0.2, 0) is 4.74 Å². The van der Waals surface area contributed by atoms with Gasteiger partial charge in [-0.2, -0.15) is 4.98 Å². The number of benzene rings is 2. The number of rotatable bonds is 5. The number of anilines is 4. The molecule has 25 heavy (non-hydrogen) atoms. The molecule has 0 saturated carbocycles. The second-order valence-electron chi connectivity index (χ2n) is 5.09. The van der Waals surface area contributed by atoms with Crippen LogP contribution in [0.3, 0.4) is 0 Å². The third-order valence-corrected chi connectivity index (χ3v) is 3.86. The molecule has 2 aromatic carbocycles. The van der Waals surface area contributed by atoms with Crippen molar-refractivity contribution >= 4 is 45.0 Å². The van der Waals surface area contributed by atoms with E-state index >= 15 is 0 Å². The average molecular weight is 399 g/mol. The Morgan fingerprint density at radius 1 is 0.960 bits per heavy atom. The highest BCUT2D eigenvalue weighted by molar-refractivity contribution is 9.10. The van der Waals surface area contributed by atoms with Crippen molar-refractivity contribution < 1.29 is 9.53 Å². The van der Waals surface area contributed by atoms with Crippen molar-refractivity contribution in [3.63, 3.8) is 0 Å². The Labute approximate surface area is 153 Å². The monoisotopic (exact) mass is 398 g/mol. The number of aromatic nitrogens is 2. The zero-order valence-electron chi connectivity index (χ0n) is 13.4. The van der Waals surface area contributed by atoms with Crippen molar-refractivity contribution in [2.24, 2.45) is 0 Å². The summed E-state index contributed by atoms with van der Waals surface area (Å²) in [6.07, 6.45) is 1.67. The first kappa shape index (κ1) is 16.9. The van der Waals surface area contributed by atoms with Gasteiger partial charge in [-0.05, 0) is 54.6 Å². The van der Waals surface area contributed by atoms with E-state index in [0.717, 1.165) is 15.8 Å². The number of nitrogens with zero attached hydrogens (tertiary/aromatic N) is 2. The van der Waals surface area contributed by atoms with Crippen molar-refractivity contribution in [1.29, 1.82) is 0 Å². The Morgan fingerprint density at radius 3 is 2.28 bits per heavy atom.